The standard InChI is InChI=1S/C18H22N2O5/c21-17-6-4-14(18(22)19-9-13-2-1-7-23-13)20(17)10-12-3-5-15-16(8-12)25-11-24-15/h3,5,8,13-14H,1-2,4,6-7,9-11H2,(H,19,22)/t13-,14-/m1/s1. The second-order valence-electron chi connectivity index (χ2n) is 6.64. The van der Waals surface area contributed by atoms with Crippen LogP contribution >= 0.6 is 0 Å². The number of fused-ring (bicyclic) bond motifs is 1. The molecule has 134 valence electrons. The summed E-state index contributed by atoms with van der Waals surface area (Å²) in [6.45, 7) is 1.89. The lowest BCUT2D eigenvalue weighted by Crippen LogP contribution is -2.46. The summed E-state index contributed by atoms with van der Waals surface area (Å²) in [5.41, 5.74) is 0.927. The molecule has 7 heteroatoms. The lowest BCUT2D eigenvalue weighted by atomic mass is 10.1. The van der Waals surface area contributed by atoms with E-state index in [1.807, 2.05) is 18.2 Å². The Labute approximate surface area is 146 Å². The fraction of sp³-hybridized carbons (Fsp3) is 0.556. The SMILES string of the molecule is O=C(NC[C@H]1CCCO1)[C@H]1CCC(=O)N1Cc1ccc2c(c1)OCO2. The summed E-state index contributed by atoms with van der Waals surface area (Å²) in [4.78, 5) is 26.4. The zero-order valence-electron chi connectivity index (χ0n) is 14.0. The third-order valence-electron chi connectivity index (χ3n) is 4.95. The van der Waals surface area contributed by atoms with Gasteiger partial charge in [-0.3, -0.25) is 9.59 Å². The fourth-order valence-corrected chi connectivity index (χ4v) is 3.58. The highest BCUT2D eigenvalue weighted by Gasteiger charge is 2.36. The fourth-order valence-electron chi connectivity index (χ4n) is 3.58. The van der Waals surface area contributed by atoms with Gasteiger partial charge in [0, 0.05) is 26.1 Å². The van der Waals surface area contributed by atoms with Gasteiger partial charge in [0.15, 0.2) is 11.5 Å². The van der Waals surface area contributed by atoms with Crippen molar-refractivity contribution < 1.29 is 23.8 Å². The number of nitrogens with one attached hydrogen (secondary N) is 1. The number of rotatable bonds is 5. The molecule has 0 radical (unpaired) electrons. The molecule has 1 aromatic carbocycles. The third kappa shape index (κ3) is 3.42. The minimum absolute atomic E-state index is 0.00920. The van der Waals surface area contributed by atoms with Crippen molar-refractivity contribution in [3.05, 3.63) is 23.8 Å². The number of hydrogen-bond acceptors (Lipinski definition) is 5. The normalized spacial score (nSPS) is 24.8. The summed E-state index contributed by atoms with van der Waals surface area (Å²) in [5, 5.41) is 2.94. The average Bonchev–Trinajstić information content (AvgIpc) is 3.35. The highest BCUT2D eigenvalue weighted by atomic mass is 16.7. The van der Waals surface area contributed by atoms with Gasteiger partial charge in [-0.1, -0.05) is 6.07 Å². The topological polar surface area (TPSA) is 77.1 Å². The molecule has 2 amide bonds. The predicted octanol–water partition coefficient (Wildman–Crippen LogP) is 1.20. The molecule has 25 heavy (non-hydrogen) atoms. The van der Waals surface area contributed by atoms with Gasteiger partial charge in [0.1, 0.15) is 6.04 Å². The van der Waals surface area contributed by atoms with E-state index < -0.39 is 6.04 Å². The number of amides is 2. The van der Waals surface area contributed by atoms with Crippen LogP contribution in [-0.2, 0) is 20.9 Å². The minimum atomic E-state index is -0.417. The van der Waals surface area contributed by atoms with Gasteiger partial charge < -0.3 is 24.4 Å². The Morgan fingerprint density at radius 1 is 1.24 bits per heavy atom. The Hall–Kier alpha value is -2.28. The molecule has 3 heterocycles. The monoisotopic (exact) mass is 346 g/mol. The molecule has 0 aromatic heterocycles. The lowest BCUT2D eigenvalue weighted by molar-refractivity contribution is -0.136. The van der Waals surface area contributed by atoms with Crippen LogP contribution in [-0.4, -0.2) is 48.8 Å². The molecule has 2 saturated heterocycles. The summed E-state index contributed by atoms with van der Waals surface area (Å²) < 4.78 is 16.2. The van der Waals surface area contributed by atoms with Crippen molar-refractivity contribution in [2.24, 2.45) is 0 Å². The van der Waals surface area contributed by atoms with Crippen molar-refractivity contribution in [1.29, 1.82) is 0 Å². The number of nitrogens with zero attached hydrogens (tertiary/aromatic N) is 1. The molecule has 3 aliphatic rings. The highest BCUT2D eigenvalue weighted by Crippen LogP contribution is 2.33. The van der Waals surface area contributed by atoms with E-state index in [0.717, 1.165) is 25.0 Å². The maximum absolute atomic E-state index is 12.5. The molecular weight excluding hydrogens is 324 g/mol. The Morgan fingerprint density at radius 3 is 2.96 bits per heavy atom. The Kier molecular flexibility index (Phi) is 4.48. The van der Waals surface area contributed by atoms with Crippen molar-refractivity contribution in [2.45, 2.75) is 44.4 Å². The molecule has 2 atom stereocenters. The zero-order chi connectivity index (χ0) is 17.2. The molecule has 3 aliphatic heterocycles. The van der Waals surface area contributed by atoms with E-state index in [2.05, 4.69) is 5.32 Å². The van der Waals surface area contributed by atoms with Gasteiger partial charge in [0.2, 0.25) is 18.6 Å². The van der Waals surface area contributed by atoms with Crippen molar-refractivity contribution in [3.8, 4) is 11.5 Å². The van der Waals surface area contributed by atoms with Crippen LogP contribution in [0.25, 0.3) is 0 Å². The maximum Gasteiger partial charge on any atom is 0.242 e. The Bertz CT molecular complexity index is 671. The van der Waals surface area contributed by atoms with Crippen molar-refractivity contribution in [3.63, 3.8) is 0 Å². The number of benzene rings is 1. The number of carbonyl (C=O) groups is 2. The minimum Gasteiger partial charge on any atom is -0.454 e. The molecule has 7 nitrogen and oxygen atoms in total. The molecule has 0 aliphatic carbocycles. The number of ether oxygens (including phenoxy) is 3. The maximum atomic E-state index is 12.5. The Balaban J connectivity index is 1.40. The Morgan fingerprint density at radius 2 is 2.12 bits per heavy atom. The molecule has 4 rings (SSSR count). The first-order valence-electron chi connectivity index (χ1n) is 8.78. The van der Waals surface area contributed by atoms with Crippen LogP contribution in [0.1, 0.15) is 31.2 Å². The van der Waals surface area contributed by atoms with E-state index in [1.54, 1.807) is 4.90 Å². The number of hydrogen-bond donors (Lipinski definition) is 1. The number of carbonyl (C=O) groups excluding carboxylic acids is 2. The van der Waals surface area contributed by atoms with Crippen molar-refractivity contribution in [2.75, 3.05) is 19.9 Å². The van der Waals surface area contributed by atoms with Crippen molar-refractivity contribution >= 4 is 11.8 Å². The molecule has 0 bridgehead atoms. The van der Waals surface area contributed by atoms with Crippen LogP contribution in [0.3, 0.4) is 0 Å². The van der Waals surface area contributed by atoms with E-state index in [0.29, 0.717) is 37.4 Å². The van der Waals surface area contributed by atoms with Crippen molar-refractivity contribution in [1.82, 2.24) is 10.2 Å². The van der Waals surface area contributed by atoms with Crippen LogP contribution in [0.2, 0.25) is 0 Å². The molecule has 2 fully saturated rings. The lowest BCUT2D eigenvalue weighted by Gasteiger charge is -2.24. The molecule has 1 N–H and O–H groups in total. The van der Waals surface area contributed by atoms with Gasteiger partial charge in [0.25, 0.3) is 0 Å². The van der Waals surface area contributed by atoms with Crippen LogP contribution < -0.4 is 14.8 Å². The second-order valence-corrected chi connectivity index (χ2v) is 6.64. The first kappa shape index (κ1) is 16.2. The first-order chi connectivity index (χ1) is 12.2. The second kappa shape index (κ2) is 6.92. The summed E-state index contributed by atoms with van der Waals surface area (Å²) in [5.74, 6) is 1.31. The van der Waals surface area contributed by atoms with Gasteiger partial charge in [0.05, 0.1) is 6.10 Å². The summed E-state index contributed by atoms with van der Waals surface area (Å²) >= 11 is 0. The largest absolute Gasteiger partial charge is 0.454 e. The van der Waals surface area contributed by atoms with Gasteiger partial charge >= 0.3 is 0 Å². The van der Waals surface area contributed by atoms with Gasteiger partial charge in [-0.15, -0.1) is 0 Å². The highest BCUT2D eigenvalue weighted by molar-refractivity contribution is 5.90. The van der Waals surface area contributed by atoms with E-state index in [4.69, 9.17) is 14.2 Å². The smallest absolute Gasteiger partial charge is 0.242 e. The quantitative estimate of drug-likeness (QED) is 0.867. The van der Waals surface area contributed by atoms with Crippen LogP contribution in [0.4, 0.5) is 0 Å². The predicted molar refractivity (Wildman–Crippen MR) is 88.1 cm³/mol. The summed E-state index contributed by atoms with van der Waals surface area (Å²) in [7, 11) is 0. The average molecular weight is 346 g/mol. The molecule has 0 unspecified atom stereocenters. The van der Waals surface area contributed by atoms with E-state index >= 15 is 0 Å². The van der Waals surface area contributed by atoms with Crippen LogP contribution in [0.15, 0.2) is 18.2 Å². The van der Waals surface area contributed by atoms with Gasteiger partial charge in [-0.25, -0.2) is 0 Å². The molecular formula is C18H22N2O5. The first-order valence-corrected chi connectivity index (χ1v) is 8.78. The van der Waals surface area contributed by atoms with E-state index in [9.17, 15) is 9.59 Å². The van der Waals surface area contributed by atoms with Gasteiger partial charge in [-0.05, 0) is 37.0 Å². The number of likely N-dealkylation sites (tertiary alicyclic amines) is 1. The van der Waals surface area contributed by atoms with Crippen LogP contribution in [0.5, 0.6) is 11.5 Å². The third-order valence-corrected chi connectivity index (χ3v) is 4.95. The van der Waals surface area contributed by atoms with E-state index in [-0.39, 0.29) is 24.7 Å². The van der Waals surface area contributed by atoms with Crippen LogP contribution in [0, 0.1) is 0 Å². The summed E-state index contributed by atoms with van der Waals surface area (Å²) in [6.07, 6.45) is 3.08. The van der Waals surface area contributed by atoms with E-state index in [1.165, 1.54) is 0 Å². The molecule has 0 saturated carbocycles. The summed E-state index contributed by atoms with van der Waals surface area (Å²) in [6, 6.07) is 5.19. The zero-order valence-corrected chi connectivity index (χ0v) is 14.0. The molecule has 0 spiro atoms. The van der Waals surface area contributed by atoms with Gasteiger partial charge in [-0.2, -0.15) is 0 Å². The molecule has 1 aromatic rings.